The maximum atomic E-state index is 13.5. The normalized spacial score (nSPS) is 25.0. The van der Waals surface area contributed by atoms with Crippen molar-refractivity contribution in [2.24, 2.45) is 0 Å². The number of hydrogen-bond acceptors (Lipinski definition) is 7. The van der Waals surface area contributed by atoms with Gasteiger partial charge in [-0.15, -0.1) is 0 Å². The highest BCUT2D eigenvalue weighted by Crippen LogP contribution is 2.34. The van der Waals surface area contributed by atoms with Crippen molar-refractivity contribution in [3.05, 3.63) is 18.2 Å². The molecule has 2 heterocycles. The summed E-state index contributed by atoms with van der Waals surface area (Å²) in [5.41, 5.74) is 0. The number of ether oxygens (including phenoxy) is 3. The molecule has 3 rings (SSSR count). The average Bonchev–Trinajstić information content (AvgIpc) is 3.27. The van der Waals surface area contributed by atoms with Crippen LogP contribution in [0.1, 0.15) is 19.3 Å². The number of rotatable bonds is 7. The van der Waals surface area contributed by atoms with E-state index in [-0.39, 0.29) is 41.2 Å². The molecular weight excluding hydrogens is 394 g/mol. The zero-order valence-electron chi connectivity index (χ0n) is 15.5. The van der Waals surface area contributed by atoms with Crippen molar-refractivity contribution >= 4 is 19.9 Å². The van der Waals surface area contributed by atoms with Gasteiger partial charge in [0.2, 0.25) is 10.0 Å². The van der Waals surface area contributed by atoms with Gasteiger partial charge in [-0.2, -0.15) is 4.31 Å². The van der Waals surface area contributed by atoms with E-state index in [2.05, 4.69) is 0 Å². The fraction of sp³-hybridized carbons (Fsp3) is 0.647. The molecule has 2 aliphatic heterocycles. The lowest BCUT2D eigenvalue weighted by molar-refractivity contribution is 0.0876. The van der Waals surface area contributed by atoms with Crippen molar-refractivity contribution in [2.45, 2.75) is 36.3 Å². The Hall–Kier alpha value is -1.36. The first-order chi connectivity index (χ1) is 12.8. The van der Waals surface area contributed by atoms with Crippen LogP contribution in [-0.2, 0) is 24.6 Å². The number of benzene rings is 1. The van der Waals surface area contributed by atoms with Gasteiger partial charge >= 0.3 is 0 Å². The molecule has 0 spiro atoms. The van der Waals surface area contributed by atoms with Crippen molar-refractivity contribution in [1.82, 2.24) is 4.31 Å². The lowest BCUT2D eigenvalue weighted by atomic mass is 10.2. The SMILES string of the molecule is COc1ccc(OC)c(S(=O)(=O)N(C[C@H]2CCCO2)[C@@H]2CCS(=O)(=O)C2)c1. The molecule has 0 bridgehead atoms. The minimum absolute atomic E-state index is 0.00947. The fourth-order valence-corrected chi connectivity index (χ4v) is 7.23. The number of methoxy groups -OCH3 is 2. The number of hydrogen-bond donors (Lipinski definition) is 0. The van der Waals surface area contributed by atoms with Crippen LogP contribution in [0.5, 0.6) is 11.5 Å². The van der Waals surface area contributed by atoms with Crippen LogP contribution >= 0.6 is 0 Å². The average molecular weight is 420 g/mol. The van der Waals surface area contributed by atoms with E-state index in [1.807, 2.05) is 0 Å². The predicted octanol–water partition coefficient (Wildman–Crippen LogP) is 1.06. The summed E-state index contributed by atoms with van der Waals surface area (Å²) >= 11 is 0. The van der Waals surface area contributed by atoms with Gasteiger partial charge < -0.3 is 14.2 Å². The van der Waals surface area contributed by atoms with Gasteiger partial charge in [0.25, 0.3) is 0 Å². The molecule has 2 fully saturated rings. The Morgan fingerprint density at radius 2 is 2.00 bits per heavy atom. The summed E-state index contributed by atoms with van der Waals surface area (Å²) < 4.78 is 68.3. The van der Waals surface area contributed by atoms with Gasteiger partial charge in [0, 0.05) is 25.3 Å². The smallest absolute Gasteiger partial charge is 0.247 e. The van der Waals surface area contributed by atoms with Gasteiger partial charge in [-0.05, 0) is 31.4 Å². The van der Waals surface area contributed by atoms with Crippen molar-refractivity contribution in [1.29, 1.82) is 0 Å². The fourth-order valence-electron chi connectivity index (χ4n) is 3.55. The molecule has 0 radical (unpaired) electrons. The molecular formula is C17H25NO7S2. The maximum Gasteiger partial charge on any atom is 0.247 e. The summed E-state index contributed by atoms with van der Waals surface area (Å²) in [6.45, 7) is 0.715. The molecule has 152 valence electrons. The Balaban J connectivity index is 2.01. The second-order valence-electron chi connectivity index (χ2n) is 6.78. The molecule has 1 aromatic rings. The van der Waals surface area contributed by atoms with E-state index in [0.717, 1.165) is 12.8 Å². The van der Waals surface area contributed by atoms with E-state index in [1.54, 1.807) is 6.07 Å². The van der Waals surface area contributed by atoms with Crippen LogP contribution in [0.2, 0.25) is 0 Å². The zero-order valence-corrected chi connectivity index (χ0v) is 17.1. The van der Waals surface area contributed by atoms with Crippen LogP contribution in [0.4, 0.5) is 0 Å². The first kappa shape index (κ1) is 20.4. The predicted molar refractivity (Wildman–Crippen MR) is 99.5 cm³/mol. The van der Waals surface area contributed by atoms with Crippen molar-refractivity contribution in [2.75, 3.05) is 38.9 Å². The number of sulfonamides is 1. The standard InChI is InChI=1S/C17H25NO7S2/c1-23-14-5-6-16(24-2)17(10-14)27(21,22)18(11-15-4-3-8-25-15)13-7-9-26(19,20)12-13/h5-6,10,13,15H,3-4,7-9,11-12H2,1-2H3/t13-,15-/m1/s1. The quantitative estimate of drug-likeness (QED) is 0.652. The summed E-state index contributed by atoms with van der Waals surface area (Å²) in [6, 6.07) is 3.93. The van der Waals surface area contributed by atoms with Gasteiger partial charge in [-0.1, -0.05) is 0 Å². The molecule has 0 N–H and O–H groups in total. The van der Waals surface area contributed by atoms with Gasteiger partial charge in [0.1, 0.15) is 16.4 Å². The lowest BCUT2D eigenvalue weighted by Crippen LogP contribution is -2.45. The summed E-state index contributed by atoms with van der Waals surface area (Å²) in [5, 5.41) is 0. The van der Waals surface area contributed by atoms with Gasteiger partial charge in [0.15, 0.2) is 9.84 Å². The highest BCUT2D eigenvalue weighted by atomic mass is 32.2. The molecule has 8 nitrogen and oxygen atoms in total. The number of nitrogens with zero attached hydrogens (tertiary/aromatic N) is 1. The van der Waals surface area contributed by atoms with E-state index in [4.69, 9.17) is 14.2 Å². The van der Waals surface area contributed by atoms with E-state index in [9.17, 15) is 16.8 Å². The minimum Gasteiger partial charge on any atom is -0.497 e. The molecule has 10 heteroatoms. The largest absolute Gasteiger partial charge is 0.497 e. The van der Waals surface area contributed by atoms with E-state index in [1.165, 1.54) is 30.7 Å². The van der Waals surface area contributed by atoms with Gasteiger partial charge in [0.05, 0.1) is 31.8 Å². The van der Waals surface area contributed by atoms with Crippen molar-refractivity contribution in [3.63, 3.8) is 0 Å². The zero-order chi connectivity index (χ0) is 19.7. The Kier molecular flexibility index (Phi) is 5.99. The number of sulfone groups is 1. The van der Waals surface area contributed by atoms with Gasteiger partial charge in [-0.3, -0.25) is 0 Å². The third-order valence-corrected chi connectivity index (χ3v) is 8.67. The Labute approximate surface area is 160 Å². The molecule has 0 aliphatic carbocycles. The Morgan fingerprint density at radius 3 is 2.56 bits per heavy atom. The van der Waals surface area contributed by atoms with Crippen LogP contribution in [-0.4, -0.2) is 72.2 Å². The molecule has 0 amide bonds. The summed E-state index contributed by atoms with van der Waals surface area (Å²) in [4.78, 5) is -0.0355. The first-order valence-corrected chi connectivity index (χ1v) is 12.1. The third kappa shape index (κ3) is 4.39. The highest BCUT2D eigenvalue weighted by Gasteiger charge is 2.41. The Bertz CT molecular complexity index is 877. The van der Waals surface area contributed by atoms with Crippen LogP contribution in [0.25, 0.3) is 0 Å². The molecule has 0 unspecified atom stereocenters. The molecule has 2 atom stereocenters. The summed E-state index contributed by atoms with van der Waals surface area (Å²) in [6.07, 6.45) is 1.66. The molecule has 0 saturated carbocycles. The molecule has 1 aromatic carbocycles. The van der Waals surface area contributed by atoms with Crippen LogP contribution in [0, 0.1) is 0 Å². The lowest BCUT2D eigenvalue weighted by Gasteiger charge is -2.30. The first-order valence-electron chi connectivity index (χ1n) is 8.83. The minimum atomic E-state index is -4.01. The van der Waals surface area contributed by atoms with E-state index in [0.29, 0.717) is 12.4 Å². The van der Waals surface area contributed by atoms with Crippen LogP contribution in [0.15, 0.2) is 23.1 Å². The van der Waals surface area contributed by atoms with Gasteiger partial charge in [-0.25, -0.2) is 16.8 Å². The van der Waals surface area contributed by atoms with Crippen LogP contribution in [0.3, 0.4) is 0 Å². The monoisotopic (exact) mass is 419 g/mol. The molecule has 0 aromatic heterocycles. The molecule has 2 saturated heterocycles. The maximum absolute atomic E-state index is 13.5. The van der Waals surface area contributed by atoms with E-state index >= 15 is 0 Å². The van der Waals surface area contributed by atoms with Crippen LogP contribution < -0.4 is 9.47 Å². The summed E-state index contributed by atoms with van der Waals surface area (Å²) in [5.74, 6) is 0.384. The topological polar surface area (TPSA) is 99.2 Å². The second-order valence-corrected chi connectivity index (χ2v) is 10.9. The molecule has 27 heavy (non-hydrogen) atoms. The third-order valence-electron chi connectivity index (χ3n) is 4.98. The molecule has 2 aliphatic rings. The van der Waals surface area contributed by atoms with Crippen molar-refractivity contribution < 1.29 is 31.0 Å². The second kappa shape index (κ2) is 7.94. The summed E-state index contributed by atoms with van der Waals surface area (Å²) in [7, 11) is -4.42. The van der Waals surface area contributed by atoms with E-state index < -0.39 is 25.9 Å². The van der Waals surface area contributed by atoms with Crippen molar-refractivity contribution in [3.8, 4) is 11.5 Å². The Morgan fingerprint density at radius 1 is 1.22 bits per heavy atom. The highest BCUT2D eigenvalue weighted by molar-refractivity contribution is 7.92.